The summed E-state index contributed by atoms with van der Waals surface area (Å²) in [7, 11) is 0. The molecule has 2 rings (SSSR count). The maximum absolute atomic E-state index is 11.6. The summed E-state index contributed by atoms with van der Waals surface area (Å²) in [6, 6.07) is 7.94. The fraction of sp³-hybridized carbons (Fsp3) is 0.400. The fourth-order valence-corrected chi connectivity index (χ4v) is 2.25. The molecule has 96 valence electrons. The van der Waals surface area contributed by atoms with E-state index in [-0.39, 0.29) is 12.0 Å². The molecule has 3 nitrogen and oxygen atoms in total. The van der Waals surface area contributed by atoms with Crippen LogP contribution in [0.15, 0.2) is 30.3 Å². The Kier molecular flexibility index (Phi) is 3.70. The van der Waals surface area contributed by atoms with Crippen molar-refractivity contribution in [1.82, 2.24) is 5.32 Å². The first-order valence-electron chi connectivity index (χ1n) is 6.37. The fourth-order valence-electron chi connectivity index (χ4n) is 2.25. The molecule has 1 aliphatic rings. The number of hydrogen-bond donors (Lipinski definition) is 1. The highest BCUT2D eigenvalue weighted by Gasteiger charge is 2.22. The van der Waals surface area contributed by atoms with Gasteiger partial charge in [0.25, 0.3) is 0 Å². The molecule has 0 aliphatic heterocycles. The minimum atomic E-state index is -0.324. The van der Waals surface area contributed by atoms with Gasteiger partial charge in [-0.1, -0.05) is 37.3 Å². The van der Waals surface area contributed by atoms with Gasteiger partial charge in [0.2, 0.25) is 0 Å². The van der Waals surface area contributed by atoms with Crippen LogP contribution < -0.4 is 5.32 Å². The highest BCUT2D eigenvalue weighted by atomic mass is 16.5. The molecule has 0 amide bonds. The SMILES string of the molecule is CCOC(=O)C(C)NC1=C[C@H](C)c2ccccc21. The Labute approximate surface area is 108 Å². The Bertz CT molecular complexity index is 479. The molecule has 0 saturated heterocycles. The largest absolute Gasteiger partial charge is 0.464 e. The molecule has 1 unspecified atom stereocenters. The Morgan fingerprint density at radius 2 is 2.17 bits per heavy atom. The van der Waals surface area contributed by atoms with Crippen LogP contribution in [-0.2, 0) is 9.53 Å². The van der Waals surface area contributed by atoms with Gasteiger partial charge in [-0.15, -0.1) is 0 Å². The predicted octanol–water partition coefficient (Wildman–Crippen LogP) is 2.69. The average Bonchev–Trinajstić information content (AvgIpc) is 2.67. The van der Waals surface area contributed by atoms with E-state index in [2.05, 4.69) is 30.4 Å². The summed E-state index contributed by atoms with van der Waals surface area (Å²) in [6.07, 6.45) is 2.15. The number of hydrogen-bond acceptors (Lipinski definition) is 3. The Hall–Kier alpha value is -1.77. The first kappa shape index (κ1) is 12.7. The van der Waals surface area contributed by atoms with E-state index in [1.165, 1.54) is 11.1 Å². The number of esters is 1. The van der Waals surface area contributed by atoms with Crippen molar-refractivity contribution < 1.29 is 9.53 Å². The second kappa shape index (κ2) is 5.25. The zero-order valence-electron chi connectivity index (χ0n) is 11.1. The normalized spacial score (nSPS) is 18.8. The maximum Gasteiger partial charge on any atom is 0.328 e. The molecular formula is C15H19NO2. The molecule has 0 bridgehead atoms. The van der Waals surface area contributed by atoms with Gasteiger partial charge >= 0.3 is 5.97 Å². The van der Waals surface area contributed by atoms with Crippen molar-refractivity contribution in [3.05, 3.63) is 41.5 Å². The van der Waals surface area contributed by atoms with Crippen LogP contribution in [0.25, 0.3) is 5.70 Å². The summed E-state index contributed by atoms with van der Waals surface area (Å²) in [5, 5.41) is 3.24. The molecule has 1 N–H and O–H groups in total. The van der Waals surface area contributed by atoms with Crippen molar-refractivity contribution in [2.45, 2.75) is 32.7 Å². The Morgan fingerprint density at radius 1 is 1.44 bits per heavy atom. The van der Waals surface area contributed by atoms with E-state index in [0.717, 1.165) is 5.70 Å². The van der Waals surface area contributed by atoms with Crippen LogP contribution in [-0.4, -0.2) is 18.6 Å². The average molecular weight is 245 g/mol. The van der Waals surface area contributed by atoms with Crippen LogP contribution in [0.4, 0.5) is 0 Å². The monoisotopic (exact) mass is 245 g/mol. The molecule has 1 aliphatic carbocycles. The van der Waals surface area contributed by atoms with Crippen LogP contribution in [0.1, 0.15) is 37.8 Å². The second-order valence-electron chi connectivity index (χ2n) is 4.57. The lowest BCUT2D eigenvalue weighted by atomic mass is 10.0. The molecule has 1 aromatic rings. The van der Waals surface area contributed by atoms with Gasteiger partial charge in [0.15, 0.2) is 0 Å². The van der Waals surface area contributed by atoms with Gasteiger partial charge in [0.1, 0.15) is 6.04 Å². The van der Waals surface area contributed by atoms with Crippen LogP contribution >= 0.6 is 0 Å². The van der Waals surface area contributed by atoms with Gasteiger partial charge in [-0.3, -0.25) is 0 Å². The highest BCUT2D eigenvalue weighted by molar-refractivity contribution is 5.80. The zero-order valence-corrected chi connectivity index (χ0v) is 11.1. The number of rotatable bonds is 4. The summed E-state index contributed by atoms with van der Waals surface area (Å²) in [5.74, 6) is 0.175. The van der Waals surface area contributed by atoms with Gasteiger partial charge in [0.05, 0.1) is 6.61 Å². The number of allylic oxidation sites excluding steroid dienone is 1. The summed E-state index contributed by atoms with van der Waals surface area (Å²) in [4.78, 5) is 11.6. The molecule has 0 heterocycles. The van der Waals surface area contributed by atoms with Crippen molar-refractivity contribution in [3.8, 4) is 0 Å². The summed E-state index contributed by atoms with van der Waals surface area (Å²) >= 11 is 0. The second-order valence-corrected chi connectivity index (χ2v) is 4.57. The molecule has 0 radical (unpaired) electrons. The lowest BCUT2D eigenvalue weighted by Gasteiger charge is -2.15. The van der Waals surface area contributed by atoms with E-state index in [1.54, 1.807) is 0 Å². The van der Waals surface area contributed by atoms with Gasteiger partial charge < -0.3 is 10.1 Å². The van der Waals surface area contributed by atoms with Crippen molar-refractivity contribution in [2.24, 2.45) is 0 Å². The quantitative estimate of drug-likeness (QED) is 0.829. The van der Waals surface area contributed by atoms with E-state index in [4.69, 9.17) is 4.74 Å². The van der Waals surface area contributed by atoms with E-state index in [1.807, 2.05) is 26.0 Å². The Morgan fingerprint density at radius 3 is 2.89 bits per heavy atom. The van der Waals surface area contributed by atoms with Gasteiger partial charge in [-0.25, -0.2) is 4.79 Å². The lowest BCUT2D eigenvalue weighted by Crippen LogP contribution is -2.34. The number of ether oxygens (including phenoxy) is 1. The van der Waals surface area contributed by atoms with Crippen LogP contribution in [0.5, 0.6) is 0 Å². The van der Waals surface area contributed by atoms with Crippen LogP contribution in [0, 0.1) is 0 Å². The first-order valence-corrected chi connectivity index (χ1v) is 6.37. The molecule has 18 heavy (non-hydrogen) atoms. The minimum Gasteiger partial charge on any atom is -0.464 e. The first-order chi connectivity index (χ1) is 8.63. The van der Waals surface area contributed by atoms with Gasteiger partial charge in [0, 0.05) is 17.2 Å². The number of benzene rings is 1. The third-order valence-electron chi connectivity index (χ3n) is 3.17. The molecular weight excluding hydrogens is 226 g/mol. The molecule has 0 fully saturated rings. The molecule has 2 atom stereocenters. The lowest BCUT2D eigenvalue weighted by molar-refractivity contribution is -0.144. The van der Waals surface area contributed by atoms with Crippen molar-refractivity contribution in [1.29, 1.82) is 0 Å². The number of carbonyl (C=O) groups is 1. The van der Waals surface area contributed by atoms with Gasteiger partial charge in [-0.05, 0) is 19.4 Å². The van der Waals surface area contributed by atoms with Crippen molar-refractivity contribution in [3.63, 3.8) is 0 Å². The third-order valence-corrected chi connectivity index (χ3v) is 3.17. The molecule has 0 spiro atoms. The summed E-state index contributed by atoms with van der Waals surface area (Å²) < 4.78 is 5.00. The smallest absolute Gasteiger partial charge is 0.328 e. The van der Waals surface area contributed by atoms with E-state index >= 15 is 0 Å². The predicted molar refractivity (Wildman–Crippen MR) is 72.1 cm³/mol. The van der Waals surface area contributed by atoms with E-state index in [9.17, 15) is 4.79 Å². The number of fused-ring (bicyclic) bond motifs is 1. The van der Waals surface area contributed by atoms with Crippen LogP contribution in [0.3, 0.4) is 0 Å². The minimum absolute atomic E-state index is 0.213. The molecule has 0 aromatic heterocycles. The molecule has 3 heteroatoms. The van der Waals surface area contributed by atoms with Gasteiger partial charge in [-0.2, -0.15) is 0 Å². The third kappa shape index (κ3) is 2.40. The zero-order chi connectivity index (χ0) is 13.1. The number of nitrogens with one attached hydrogen (secondary N) is 1. The van der Waals surface area contributed by atoms with Crippen molar-refractivity contribution >= 4 is 11.7 Å². The van der Waals surface area contributed by atoms with Crippen molar-refractivity contribution in [2.75, 3.05) is 6.61 Å². The highest BCUT2D eigenvalue weighted by Crippen LogP contribution is 2.33. The van der Waals surface area contributed by atoms with E-state index < -0.39 is 0 Å². The van der Waals surface area contributed by atoms with Crippen LogP contribution in [0.2, 0.25) is 0 Å². The molecule has 0 saturated carbocycles. The summed E-state index contributed by atoms with van der Waals surface area (Å²) in [6.45, 7) is 6.21. The number of carbonyl (C=O) groups excluding carboxylic acids is 1. The molecule has 1 aromatic carbocycles. The topological polar surface area (TPSA) is 38.3 Å². The maximum atomic E-state index is 11.6. The Balaban J connectivity index is 2.12. The summed E-state index contributed by atoms with van der Waals surface area (Å²) in [5.41, 5.74) is 3.51. The standard InChI is InChI=1S/C15H19NO2/c1-4-18-15(17)11(3)16-14-9-10(2)12-7-5-6-8-13(12)14/h5-11,16H,4H2,1-3H3/t10-,11?/m0/s1. The van der Waals surface area contributed by atoms with E-state index in [0.29, 0.717) is 12.5 Å².